The molecule has 1 atom stereocenters. The van der Waals surface area contributed by atoms with Crippen molar-refractivity contribution < 1.29 is 43.6 Å². The Morgan fingerprint density at radius 3 is 1.75 bits per heavy atom. The first kappa shape index (κ1) is 19.2. The summed E-state index contributed by atoms with van der Waals surface area (Å²) in [5, 5.41) is 0. The fourth-order valence-corrected chi connectivity index (χ4v) is 11.4. The second kappa shape index (κ2) is 6.30. The monoisotopic (exact) mass is 473 g/mol. The van der Waals surface area contributed by atoms with Crippen molar-refractivity contribution in [2.24, 2.45) is 0 Å². The van der Waals surface area contributed by atoms with Crippen LogP contribution in [0.5, 0.6) is 0 Å². The molecule has 1 unspecified atom stereocenters. The third-order valence-electron chi connectivity index (χ3n) is 3.39. The maximum absolute atomic E-state index is 15.9. The van der Waals surface area contributed by atoms with Gasteiger partial charge in [-0.3, -0.25) is 0 Å². The van der Waals surface area contributed by atoms with Crippen molar-refractivity contribution in [3.05, 3.63) is 66.3 Å². The second-order valence-corrected chi connectivity index (χ2v) is 14.4. The first-order valence-electron chi connectivity index (χ1n) is 6.86. The third-order valence-corrected chi connectivity index (χ3v) is 13.6. The molecule has 0 saturated carbocycles. The van der Waals surface area contributed by atoms with E-state index in [0.29, 0.717) is 11.1 Å². The van der Waals surface area contributed by atoms with Crippen molar-refractivity contribution in [2.75, 3.05) is 0 Å². The molecule has 0 amide bonds. The molecule has 0 spiro atoms. The minimum atomic E-state index is -6.18. The van der Waals surface area contributed by atoms with Crippen molar-refractivity contribution >= 4 is 10.1 Å². The SMILES string of the molecule is Cc1ccc([I-](F)(c2cc(C)cc(C)c2)C(F)(F)S(=O)(=O)O)cc1. The Morgan fingerprint density at radius 2 is 1.33 bits per heavy atom. The van der Waals surface area contributed by atoms with Crippen LogP contribution in [-0.2, 0) is 10.1 Å². The van der Waals surface area contributed by atoms with Crippen molar-refractivity contribution in [3.8, 4) is 0 Å². The van der Waals surface area contributed by atoms with E-state index < -0.39 is 32.4 Å². The first-order valence-corrected chi connectivity index (χ1v) is 12.4. The summed E-state index contributed by atoms with van der Waals surface area (Å²) in [7, 11) is -5.92. The summed E-state index contributed by atoms with van der Waals surface area (Å²) < 4.78 is 71.1. The fraction of sp³-hybridized carbons (Fsp3) is 0.250. The molecular formula is C16H17F3IO3S-. The van der Waals surface area contributed by atoms with E-state index >= 15 is 2.86 Å². The molecule has 8 heteroatoms. The molecule has 1 N–H and O–H groups in total. The number of rotatable bonds is 4. The predicted molar refractivity (Wildman–Crippen MR) is 82.1 cm³/mol. The van der Waals surface area contributed by atoms with Crippen molar-refractivity contribution in [3.63, 3.8) is 0 Å². The van der Waals surface area contributed by atoms with Gasteiger partial charge in [0.15, 0.2) is 0 Å². The van der Waals surface area contributed by atoms with Crippen LogP contribution in [0.3, 0.4) is 0 Å². The van der Waals surface area contributed by atoms with E-state index in [0.717, 1.165) is 5.56 Å². The van der Waals surface area contributed by atoms with E-state index in [2.05, 4.69) is 0 Å². The van der Waals surface area contributed by atoms with Gasteiger partial charge < -0.3 is 0 Å². The summed E-state index contributed by atoms with van der Waals surface area (Å²) in [6.07, 6.45) is 0. The van der Waals surface area contributed by atoms with E-state index in [1.807, 2.05) is 0 Å². The predicted octanol–water partition coefficient (Wildman–Crippen LogP) is 1.13. The first-order chi connectivity index (χ1) is 10.9. The fourth-order valence-electron chi connectivity index (χ4n) is 2.29. The number of benzene rings is 2. The van der Waals surface area contributed by atoms with Crippen molar-refractivity contribution in [1.82, 2.24) is 0 Å². The van der Waals surface area contributed by atoms with Gasteiger partial charge >= 0.3 is 144 Å². The average Bonchev–Trinajstić information content (AvgIpc) is 2.44. The summed E-state index contributed by atoms with van der Waals surface area (Å²) in [6.45, 7) is 4.92. The minimum absolute atomic E-state index is 0.356. The molecule has 3 nitrogen and oxygen atoms in total. The van der Waals surface area contributed by atoms with Gasteiger partial charge in [-0.05, 0) is 0 Å². The number of aryl methyl sites for hydroxylation is 3. The molecule has 2 aromatic rings. The molecule has 0 aliphatic carbocycles. The van der Waals surface area contributed by atoms with Crippen LogP contribution in [-0.4, -0.2) is 16.2 Å². The van der Waals surface area contributed by atoms with Gasteiger partial charge in [0, 0.05) is 0 Å². The van der Waals surface area contributed by atoms with E-state index in [1.165, 1.54) is 36.4 Å². The molecule has 134 valence electrons. The molecular weight excluding hydrogens is 456 g/mol. The molecule has 0 radical (unpaired) electrons. The molecule has 2 rings (SSSR count). The molecule has 0 aliphatic rings. The Kier molecular flexibility index (Phi) is 5.04. The van der Waals surface area contributed by atoms with Crippen molar-refractivity contribution in [2.45, 2.75) is 24.0 Å². The van der Waals surface area contributed by atoms with Crippen LogP contribution in [0.25, 0.3) is 0 Å². The normalized spacial score (nSPS) is 16.5. The van der Waals surface area contributed by atoms with Crippen LogP contribution >= 0.6 is 0 Å². The van der Waals surface area contributed by atoms with Gasteiger partial charge in [-0.2, -0.15) is 0 Å². The van der Waals surface area contributed by atoms with Crippen molar-refractivity contribution in [1.29, 1.82) is 0 Å². The van der Waals surface area contributed by atoms with E-state index in [4.69, 9.17) is 4.55 Å². The zero-order valence-electron chi connectivity index (χ0n) is 13.2. The van der Waals surface area contributed by atoms with Crippen LogP contribution in [0, 0.1) is 27.9 Å². The summed E-state index contributed by atoms with van der Waals surface area (Å²) in [5.41, 5.74) is 1.79. The molecule has 0 heterocycles. The quantitative estimate of drug-likeness (QED) is 0.412. The van der Waals surface area contributed by atoms with Gasteiger partial charge in [0.05, 0.1) is 0 Å². The van der Waals surface area contributed by atoms with Gasteiger partial charge in [-0.1, -0.05) is 0 Å². The Labute approximate surface area is 143 Å². The summed E-state index contributed by atoms with van der Waals surface area (Å²) in [5.74, 6) is 0. The number of alkyl halides is 3. The van der Waals surface area contributed by atoms with E-state index in [9.17, 15) is 17.2 Å². The molecule has 2 aromatic carbocycles. The summed E-state index contributed by atoms with van der Waals surface area (Å²) in [4.78, 5) is 0. The zero-order chi connectivity index (χ0) is 18.3. The second-order valence-electron chi connectivity index (χ2n) is 5.52. The molecule has 0 aliphatic heterocycles. The van der Waals surface area contributed by atoms with Crippen LogP contribution < -0.4 is 19.0 Å². The molecule has 0 bridgehead atoms. The maximum atomic E-state index is 15.9. The standard InChI is InChI=1S/C16H17F3IO3S/c1-11-4-6-14(7-5-11)20(19,16(17,18)24(21,22)23)15-9-12(2)8-13(3)10-15/h4-10H,1-3H3,(H,21,22,23)/q-1. The van der Waals surface area contributed by atoms with E-state index in [-0.39, 0.29) is 7.14 Å². The Balaban J connectivity index is 2.86. The number of hydrogen-bond donors (Lipinski definition) is 1. The Bertz CT molecular complexity index is 846. The van der Waals surface area contributed by atoms with Gasteiger partial charge in [-0.15, -0.1) is 0 Å². The number of halogens is 4. The number of hydrogen-bond acceptors (Lipinski definition) is 2. The molecule has 0 fully saturated rings. The van der Waals surface area contributed by atoms with Crippen LogP contribution in [0.15, 0.2) is 42.5 Å². The van der Waals surface area contributed by atoms with Gasteiger partial charge in [0.25, 0.3) is 0 Å². The summed E-state index contributed by atoms with van der Waals surface area (Å²) >= 11 is -6.18. The average molecular weight is 473 g/mol. The van der Waals surface area contributed by atoms with Gasteiger partial charge in [0.1, 0.15) is 0 Å². The van der Waals surface area contributed by atoms with Crippen LogP contribution in [0.2, 0.25) is 0 Å². The topological polar surface area (TPSA) is 54.4 Å². The summed E-state index contributed by atoms with van der Waals surface area (Å²) in [6, 6.07) is 9.34. The molecule has 0 saturated heterocycles. The van der Waals surface area contributed by atoms with E-state index in [1.54, 1.807) is 26.8 Å². The third kappa shape index (κ3) is 3.18. The van der Waals surface area contributed by atoms with Gasteiger partial charge in [-0.25, -0.2) is 0 Å². The van der Waals surface area contributed by atoms with Gasteiger partial charge in [0.2, 0.25) is 0 Å². The van der Waals surface area contributed by atoms with Crippen LogP contribution in [0.1, 0.15) is 16.7 Å². The van der Waals surface area contributed by atoms with Crippen LogP contribution in [0.4, 0.5) is 11.6 Å². The Morgan fingerprint density at radius 1 is 0.875 bits per heavy atom. The molecule has 24 heavy (non-hydrogen) atoms. The Hall–Kier alpha value is -1.13. The molecule has 0 aromatic heterocycles. The zero-order valence-corrected chi connectivity index (χ0v) is 16.2.